The Hall–Kier alpha value is -0.0400. The summed E-state index contributed by atoms with van der Waals surface area (Å²) in [5.41, 5.74) is 0. The van der Waals surface area contributed by atoms with E-state index in [1.54, 1.807) is 0 Å². The average Bonchev–Trinajstić information content (AvgIpc) is 2.64. The van der Waals surface area contributed by atoms with E-state index >= 15 is 0 Å². The molecule has 0 aromatic heterocycles. The van der Waals surface area contributed by atoms with Gasteiger partial charge in [0, 0.05) is 12.1 Å². The maximum absolute atomic E-state index is 3.82. The van der Waals surface area contributed by atoms with E-state index in [9.17, 15) is 0 Å². The Bertz CT molecular complexity index is 180. The average molecular weight is 209 g/mol. The third kappa shape index (κ3) is 3.21. The molecule has 0 heterocycles. The Balaban J connectivity index is 1.65. The van der Waals surface area contributed by atoms with Crippen LogP contribution in [-0.2, 0) is 0 Å². The molecule has 2 saturated carbocycles. The molecule has 1 unspecified atom stereocenters. The van der Waals surface area contributed by atoms with Crippen LogP contribution in [0.5, 0.6) is 0 Å². The lowest BCUT2D eigenvalue weighted by Gasteiger charge is -2.31. The van der Waals surface area contributed by atoms with E-state index in [-0.39, 0.29) is 0 Å². The van der Waals surface area contributed by atoms with E-state index in [0.717, 1.165) is 23.9 Å². The largest absolute Gasteiger partial charge is 0.311 e. The van der Waals surface area contributed by atoms with Crippen molar-refractivity contribution in [2.45, 2.75) is 77.3 Å². The summed E-state index contributed by atoms with van der Waals surface area (Å²) in [5, 5.41) is 3.82. The van der Waals surface area contributed by atoms with Crippen molar-refractivity contribution in [1.29, 1.82) is 0 Å². The quantitative estimate of drug-likeness (QED) is 0.727. The van der Waals surface area contributed by atoms with E-state index in [1.807, 2.05) is 0 Å². The third-order valence-electron chi connectivity index (χ3n) is 4.57. The summed E-state index contributed by atoms with van der Waals surface area (Å²) in [4.78, 5) is 0. The lowest BCUT2D eigenvalue weighted by Crippen LogP contribution is -2.40. The molecule has 2 aliphatic carbocycles. The summed E-state index contributed by atoms with van der Waals surface area (Å²) < 4.78 is 0. The Morgan fingerprint density at radius 1 is 1.00 bits per heavy atom. The Morgan fingerprint density at radius 3 is 2.20 bits per heavy atom. The van der Waals surface area contributed by atoms with Crippen LogP contribution in [0.25, 0.3) is 0 Å². The van der Waals surface area contributed by atoms with Gasteiger partial charge < -0.3 is 5.32 Å². The maximum Gasteiger partial charge on any atom is 0.00694 e. The molecular formula is C14H27N. The monoisotopic (exact) mass is 209 g/mol. The second kappa shape index (κ2) is 5.34. The van der Waals surface area contributed by atoms with Gasteiger partial charge >= 0.3 is 0 Å². The molecule has 2 rings (SSSR count). The van der Waals surface area contributed by atoms with Crippen LogP contribution in [0.15, 0.2) is 0 Å². The lowest BCUT2D eigenvalue weighted by molar-refractivity contribution is 0.246. The molecule has 0 saturated heterocycles. The van der Waals surface area contributed by atoms with E-state index in [0.29, 0.717) is 0 Å². The van der Waals surface area contributed by atoms with Gasteiger partial charge in [0.25, 0.3) is 0 Å². The molecule has 0 spiro atoms. The Labute approximate surface area is 95.0 Å². The number of hydrogen-bond acceptors (Lipinski definition) is 1. The van der Waals surface area contributed by atoms with Crippen LogP contribution in [-0.4, -0.2) is 12.1 Å². The van der Waals surface area contributed by atoms with Gasteiger partial charge in [-0.15, -0.1) is 0 Å². The first-order chi connectivity index (χ1) is 7.25. The number of hydrogen-bond donors (Lipinski definition) is 1. The minimum absolute atomic E-state index is 0.742. The lowest BCUT2D eigenvalue weighted by atomic mass is 9.81. The van der Waals surface area contributed by atoms with Gasteiger partial charge in [-0.25, -0.2) is 0 Å². The predicted octanol–water partition coefficient (Wildman–Crippen LogP) is 3.73. The van der Waals surface area contributed by atoms with Gasteiger partial charge in [-0.2, -0.15) is 0 Å². The molecule has 0 amide bonds. The molecule has 1 heteroatoms. The fourth-order valence-electron chi connectivity index (χ4n) is 3.34. The molecular weight excluding hydrogens is 182 g/mol. The summed E-state index contributed by atoms with van der Waals surface area (Å²) in [6.07, 6.45) is 11.7. The standard InChI is InChI=1S/C14H27N/c1-11(10-13-6-5-7-13)15-12(2)14-8-3-4-9-14/h11-15H,3-10H2,1-2H3/t11?,12-/m1/s1. The van der Waals surface area contributed by atoms with Crippen molar-refractivity contribution in [3.8, 4) is 0 Å². The molecule has 0 aromatic rings. The summed E-state index contributed by atoms with van der Waals surface area (Å²) in [6, 6.07) is 1.49. The zero-order valence-corrected chi connectivity index (χ0v) is 10.5. The topological polar surface area (TPSA) is 12.0 Å². The van der Waals surface area contributed by atoms with Gasteiger partial charge in [-0.3, -0.25) is 0 Å². The number of nitrogens with one attached hydrogen (secondary N) is 1. The van der Waals surface area contributed by atoms with Gasteiger partial charge in [-0.05, 0) is 44.9 Å². The molecule has 0 aromatic carbocycles. The molecule has 2 atom stereocenters. The highest BCUT2D eigenvalue weighted by Gasteiger charge is 2.24. The fraction of sp³-hybridized carbons (Fsp3) is 1.00. The molecule has 1 nitrogen and oxygen atoms in total. The first-order valence-electron chi connectivity index (χ1n) is 7.01. The second-order valence-electron chi connectivity index (χ2n) is 5.93. The van der Waals surface area contributed by atoms with Crippen LogP contribution in [0.3, 0.4) is 0 Å². The molecule has 2 aliphatic rings. The zero-order valence-electron chi connectivity index (χ0n) is 10.5. The minimum atomic E-state index is 0.742. The number of rotatable bonds is 5. The molecule has 0 aliphatic heterocycles. The van der Waals surface area contributed by atoms with Crippen molar-refractivity contribution in [1.82, 2.24) is 5.32 Å². The second-order valence-corrected chi connectivity index (χ2v) is 5.93. The van der Waals surface area contributed by atoms with Crippen molar-refractivity contribution in [2.75, 3.05) is 0 Å². The van der Waals surface area contributed by atoms with E-state index in [4.69, 9.17) is 0 Å². The summed E-state index contributed by atoms with van der Waals surface area (Å²) in [6.45, 7) is 4.77. The van der Waals surface area contributed by atoms with Gasteiger partial charge in [0.1, 0.15) is 0 Å². The van der Waals surface area contributed by atoms with Crippen LogP contribution < -0.4 is 5.32 Å². The maximum atomic E-state index is 3.82. The molecule has 88 valence electrons. The molecule has 15 heavy (non-hydrogen) atoms. The smallest absolute Gasteiger partial charge is 0.00694 e. The van der Waals surface area contributed by atoms with Crippen molar-refractivity contribution < 1.29 is 0 Å². The first-order valence-corrected chi connectivity index (χ1v) is 7.01. The molecule has 0 radical (unpaired) electrons. The van der Waals surface area contributed by atoms with E-state index in [1.165, 1.54) is 51.4 Å². The molecule has 0 bridgehead atoms. The minimum Gasteiger partial charge on any atom is -0.311 e. The SMILES string of the molecule is CC(CC1CCC1)N[C@H](C)C1CCCC1. The van der Waals surface area contributed by atoms with Crippen molar-refractivity contribution in [2.24, 2.45) is 11.8 Å². The van der Waals surface area contributed by atoms with Crippen LogP contribution in [0.2, 0.25) is 0 Å². The van der Waals surface area contributed by atoms with Gasteiger partial charge in [-0.1, -0.05) is 32.1 Å². The van der Waals surface area contributed by atoms with E-state index in [2.05, 4.69) is 19.2 Å². The van der Waals surface area contributed by atoms with Crippen LogP contribution in [0, 0.1) is 11.8 Å². The molecule has 2 fully saturated rings. The molecule has 1 N–H and O–H groups in total. The first kappa shape index (κ1) is 11.4. The van der Waals surface area contributed by atoms with E-state index < -0.39 is 0 Å². The zero-order chi connectivity index (χ0) is 10.7. The highest BCUT2D eigenvalue weighted by Crippen LogP contribution is 2.31. The summed E-state index contributed by atoms with van der Waals surface area (Å²) in [5.74, 6) is 2.01. The summed E-state index contributed by atoms with van der Waals surface area (Å²) in [7, 11) is 0. The Kier molecular flexibility index (Phi) is 4.07. The summed E-state index contributed by atoms with van der Waals surface area (Å²) >= 11 is 0. The third-order valence-corrected chi connectivity index (χ3v) is 4.57. The fourth-order valence-corrected chi connectivity index (χ4v) is 3.34. The van der Waals surface area contributed by atoms with Gasteiger partial charge in [0.05, 0.1) is 0 Å². The van der Waals surface area contributed by atoms with Gasteiger partial charge in [0.15, 0.2) is 0 Å². The highest BCUT2D eigenvalue weighted by molar-refractivity contribution is 4.81. The van der Waals surface area contributed by atoms with Crippen LogP contribution in [0.1, 0.15) is 65.2 Å². The van der Waals surface area contributed by atoms with Crippen molar-refractivity contribution in [3.05, 3.63) is 0 Å². The predicted molar refractivity (Wildman–Crippen MR) is 66.0 cm³/mol. The Morgan fingerprint density at radius 2 is 1.67 bits per heavy atom. The van der Waals surface area contributed by atoms with Crippen molar-refractivity contribution >= 4 is 0 Å². The van der Waals surface area contributed by atoms with Gasteiger partial charge in [0.2, 0.25) is 0 Å². The van der Waals surface area contributed by atoms with Crippen LogP contribution >= 0.6 is 0 Å². The highest BCUT2D eigenvalue weighted by atomic mass is 14.9. The van der Waals surface area contributed by atoms with Crippen LogP contribution in [0.4, 0.5) is 0 Å². The normalized spacial score (nSPS) is 27.6. The van der Waals surface area contributed by atoms with Crippen molar-refractivity contribution in [3.63, 3.8) is 0 Å².